The molecule has 0 aliphatic heterocycles. The first kappa shape index (κ1) is 16.6. The lowest BCUT2D eigenvalue weighted by atomic mass is 9.96. The Bertz CT molecular complexity index is 904. The zero-order valence-electron chi connectivity index (χ0n) is 13.5. The molecule has 0 aromatic heterocycles. The Kier molecular flexibility index (Phi) is 5.02. The second-order valence-electron chi connectivity index (χ2n) is 5.52. The van der Waals surface area contributed by atoms with Crippen LogP contribution in [0.1, 0.15) is 26.3 Å². The fourth-order valence-electron chi connectivity index (χ4n) is 2.58. The van der Waals surface area contributed by atoms with Gasteiger partial charge in [-0.05, 0) is 47.0 Å². The molecule has 0 fully saturated rings. The van der Waals surface area contributed by atoms with E-state index in [0.717, 1.165) is 23.0 Å². The molecular formula is C21H17NO3. The Balaban J connectivity index is 1.94. The fourth-order valence-corrected chi connectivity index (χ4v) is 2.58. The quantitative estimate of drug-likeness (QED) is 0.438. The normalized spacial score (nSPS) is 10.3. The number of nitrogens with two attached hydrogens (primary N) is 1. The van der Waals surface area contributed by atoms with Gasteiger partial charge in [0.2, 0.25) is 0 Å². The molecule has 0 aliphatic rings. The first-order valence-electron chi connectivity index (χ1n) is 7.87. The van der Waals surface area contributed by atoms with Gasteiger partial charge < -0.3 is 10.5 Å². The van der Waals surface area contributed by atoms with E-state index in [2.05, 4.69) is 0 Å². The molecule has 0 bridgehead atoms. The summed E-state index contributed by atoms with van der Waals surface area (Å²) in [5, 5.41) is 0. The molecule has 0 unspecified atom stereocenters. The second kappa shape index (κ2) is 7.55. The van der Waals surface area contributed by atoms with Gasteiger partial charge in [0.05, 0.1) is 5.56 Å². The van der Waals surface area contributed by atoms with Crippen molar-refractivity contribution in [1.82, 2.24) is 0 Å². The number of esters is 1. The van der Waals surface area contributed by atoms with E-state index in [1.54, 1.807) is 54.6 Å². The van der Waals surface area contributed by atoms with E-state index in [1.165, 1.54) is 0 Å². The maximum atomic E-state index is 12.4. The maximum Gasteiger partial charge on any atom is 0.343 e. The van der Waals surface area contributed by atoms with Gasteiger partial charge in [-0.25, -0.2) is 4.79 Å². The molecule has 25 heavy (non-hydrogen) atoms. The summed E-state index contributed by atoms with van der Waals surface area (Å²) in [6.45, 7) is 0.340. The Morgan fingerprint density at radius 3 is 2.48 bits per heavy atom. The number of ether oxygens (including phenoxy) is 1. The standard InChI is InChI=1S/C21H17NO3/c22-13-18-10-9-15(14-23)11-20(18)16-5-4-6-17(12-16)21(24)25-19-7-2-1-3-8-19/h1-12,14H,13,22H2. The summed E-state index contributed by atoms with van der Waals surface area (Å²) in [5.74, 6) is 0.0531. The molecule has 4 nitrogen and oxygen atoms in total. The minimum atomic E-state index is -0.436. The number of hydrogen-bond acceptors (Lipinski definition) is 4. The smallest absolute Gasteiger partial charge is 0.343 e. The summed E-state index contributed by atoms with van der Waals surface area (Å²) in [6.07, 6.45) is 0.789. The Hall–Kier alpha value is -3.24. The average Bonchev–Trinajstić information content (AvgIpc) is 2.68. The van der Waals surface area contributed by atoms with E-state index in [-0.39, 0.29) is 0 Å². The summed E-state index contributed by atoms with van der Waals surface area (Å²) >= 11 is 0. The molecule has 0 spiro atoms. The van der Waals surface area contributed by atoms with Crippen LogP contribution in [0, 0.1) is 0 Å². The minimum Gasteiger partial charge on any atom is -0.423 e. The van der Waals surface area contributed by atoms with Crippen molar-refractivity contribution >= 4 is 12.3 Å². The molecule has 4 heteroatoms. The van der Waals surface area contributed by atoms with Crippen LogP contribution >= 0.6 is 0 Å². The van der Waals surface area contributed by atoms with Crippen LogP contribution in [0.4, 0.5) is 0 Å². The van der Waals surface area contributed by atoms with Gasteiger partial charge in [0.1, 0.15) is 12.0 Å². The van der Waals surface area contributed by atoms with Crippen LogP contribution in [0.5, 0.6) is 5.75 Å². The molecule has 124 valence electrons. The largest absolute Gasteiger partial charge is 0.423 e. The highest BCUT2D eigenvalue weighted by atomic mass is 16.5. The maximum absolute atomic E-state index is 12.4. The van der Waals surface area contributed by atoms with Crippen molar-refractivity contribution < 1.29 is 14.3 Å². The third-order valence-electron chi connectivity index (χ3n) is 3.85. The van der Waals surface area contributed by atoms with Gasteiger partial charge in [0, 0.05) is 12.1 Å². The van der Waals surface area contributed by atoms with Gasteiger partial charge in [0.15, 0.2) is 0 Å². The number of carbonyl (C=O) groups is 2. The highest BCUT2D eigenvalue weighted by molar-refractivity contribution is 5.93. The van der Waals surface area contributed by atoms with Crippen LogP contribution < -0.4 is 10.5 Å². The molecule has 0 saturated heterocycles. The van der Waals surface area contributed by atoms with Gasteiger partial charge in [0.25, 0.3) is 0 Å². The Morgan fingerprint density at radius 2 is 1.76 bits per heavy atom. The van der Waals surface area contributed by atoms with Crippen LogP contribution in [0.15, 0.2) is 72.8 Å². The van der Waals surface area contributed by atoms with Crippen LogP contribution in [0.2, 0.25) is 0 Å². The van der Waals surface area contributed by atoms with Crippen molar-refractivity contribution in [3.8, 4) is 16.9 Å². The molecule has 2 N–H and O–H groups in total. The number of benzene rings is 3. The highest BCUT2D eigenvalue weighted by Crippen LogP contribution is 2.26. The van der Waals surface area contributed by atoms with Crippen molar-refractivity contribution in [2.45, 2.75) is 6.54 Å². The van der Waals surface area contributed by atoms with E-state index >= 15 is 0 Å². The van der Waals surface area contributed by atoms with Gasteiger partial charge in [-0.3, -0.25) is 4.79 Å². The first-order chi connectivity index (χ1) is 12.2. The highest BCUT2D eigenvalue weighted by Gasteiger charge is 2.12. The molecule has 3 aromatic carbocycles. The van der Waals surface area contributed by atoms with Gasteiger partial charge in [-0.2, -0.15) is 0 Å². The summed E-state index contributed by atoms with van der Waals surface area (Å²) in [6, 6.07) is 21.3. The van der Waals surface area contributed by atoms with Crippen molar-refractivity contribution in [3.63, 3.8) is 0 Å². The topological polar surface area (TPSA) is 69.4 Å². The van der Waals surface area contributed by atoms with Crippen molar-refractivity contribution in [2.24, 2.45) is 5.73 Å². The third kappa shape index (κ3) is 3.82. The lowest BCUT2D eigenvalue weighted by molar-refractivity contribution is 0.0734. The van der Waals surface area contributed by atoms with Crippen LogP contribution in [-0.4, -0.2) is 12.3 Å². The monoisotopic (exact) mass is 331 g/mol. The van der Waals surface area contributed by atoms with Crippen LogP contribution in [0.3, 0.4) is 0 Å². The minimum absolute atomic E-state index is 0.340. The molecular weight excluding hydrogens is 314 g/mol. The van der Waals surface area contributed by atoms with Crippen LogP contribution in [0.25, 0.3) is 11.1 Å². The molecule has 0 heterocycles. The molecule has 0 aliphatic carbocycles. The van der Waals surface area contributed by atoms with Gasteiger partial charge in [-0.1, -0.05) is 42.5 Å². The number of hydrogen-bond donors (Lipinski definition) is 1. The summed E-state index contributed by atoms with van der Waals surface area (Å²) < 4.78 is 5.37. The van der Waals surface area contributed by atoms with E-state index in [0.29, 0.717) is 23.4 Å². The zero-order valence-corrected chi connectivity index (χ0v) is 13.5. The van der Waals surface area contributed by atoms with Gasteiger partial charge >= 0.3 is 5.97 Å². The summed E-state index contributed by atoms with van der Waals surface area (Å²) in [4.78, 5) is 23.4. The van der Waals surface area contributed by atoms with E-state index in [4.69, 9.17) is 10.5 Å². The second-order valence-corrected chi connectivity index (χ2v) is 5.52. The van der Waals surface area contributed by atoms with Crippen molar-refractivity contribution in [1.29, 1.82) is 0 Å². The Morgan fingerprint density at radius 1 is 0.960 bits per heavy atom. The number of para-hydroxylation sites is 1. The predicted octanol–water partition coefficient (Wildman–Crippen LogP) is 3.84. The van der Waals surface area contributed by atoms with E-state index < -0.39 is 5.97 Å². The molecule has 3 rings (SSSR count). The SMILES string of the molecule is NCc1ccc(C=O)cc1-c1cccc(C(=O)Oc2ccccc2)c1. The summed E-state index contributed by atoms with van der Waals surface area (Å²) in [7, 11) is 0. The van der Waals surface area contributed by atoms with Crippen molar-refractivity contribution in [2.75, 3.05) is 0 Å². The number of rotatable bonds is 5. The van der Waals surface area contributed by atoms with E-state index in [9.17, 15) is 9.59 Å². The third-order valence-corrected chi connectivity index (χ3v) is 3.85. The lowest BCUT2D eigenvalue weighted by Crippen LogP contribution is -2.08. The van der Waals surface area contributed by atoms with Crippen LogP contribution in [-0.2, 0) is 6.54 Å². The number of aldehydes is 1. The molecule has 0 saturated carbocycles. The Labute approximate surface area is 145 Å². The van der Waals surface area contributed by atoms with Gasteiger partial charge in [-0.15, -0.1) is 0 Å². The predicted molar refractivity (Wildman–Crippen MR) is 96.6 cm³/mol. The molecule has 3 aromatic rings. The average molecular weight is 331 g/mol. The lowest BCUT2D eigenvalue weighted by Gasteiger charge is -2.10. The first-order valence-corrected chi connectivity index (χ1v) is 7.87. The molecule has 0 amide bonds. The number of carbonyl (C=O) groups excluding carboxylic acids is 2. The zero-order chi connectivity index (χ0) is 17.6. The molecule has 0 radical (unpaired) electrons. The fraction of sp³-hybridized carbons (Fsp3) is 0.0476. The van der Waals surface area contributed by atoms with Crippen molar-refractivity contribution in [3.05, 3.63) is 89.5 Å². The molecule has 0 atom stereocenters. The summed E-state index contributed by atoms with van der Waals surface area (Å²) in [5.41, 5.74) is 9.34. The van der Waals surface area contributed by atoms with E-state index in [1.807, 2.05) is 18.2 Å².